The van der Waals surface area contributed by atoms with Crippen LogP contribution in [-0.2, 0) is 11.2 Å². The van der Waals surface area contributed by atoms with Crippen LogP contribution in [0, 0.1) is 5.82 Å². The molecule has 1 atom stereocenters. The number of carbonyl (C=O) groups excluding carboxylic acids is 1. The molecule has 0 aliphatic carbocycles. The van der Waals surface area contributed by atoms with E-state index in [0.29, 0.717) is 13.0 Å². The molecule has 0 saturated heterocycles. The van der Waals surface area contributed by atoms with Gasteiger partial charge < -0.3 is 15.4 Å². The van der Waals surface area contributed by atoms with Crippen molar-refractivity contribution >= 4 is 5.91 Å². The minimum Gasteiger partial charge on any atom is -0.489 e. The van der Waals surface area contributed by atoms with Crippen LogP contribution in [0.1, 0.15) is 5.56 Å². The Morgan fingerprint density at radius 2 is 1.83 bits per heavy atom. The lowest BCUT2D eigenvalue weighted by molar-refractivity contribution is -0.131. The molecular weight excluding hydrogens is 295 g/mol. The van der Waals surface area contributed by atoms with Gasteiger partial charge >= 0.3 is 0 Å². The topological polar surface area (TPSA) is 55.6 Å². The Morgan fingerprint density at radius 1 is 1.17 bits per heavy atom. The van der Waals surface area contributed by atoms with Gasteiger partial charge in [-0.2, -0.15) is 0 Å². The molecule has 0 aromatic heterocycles. The van der Waals surface area contributed by atoms with E-state index in [4.69, 9.17) is 10.5 Å². The van der Waals surface area contributed by atoms with Crippen LogP contribution < -0.4 is 10.5 Å². The van der Waals surface area contributed by atoms with E-state index in [2.05, 4.69) is 0 Å². The van der Waals surface area contributed by atoms with Gasteiger partial charge in [0.05, 0.1) is 12.6 Å². The van der Waals surface area contributed by atoms with Gasteiger partial charge in [-0.05, 0) is 24.1 Å². The molecular formula is C18H21FN2O2. The Bertz CT molecular complexity index is 634. The van der Waals surface area contributed by atoms with Crippen LogP contribution in [0.4, 0.5) is 4.39 Å². The highest BCUT2D eigenvalue weighted by Gasteiger charge is 2.18. The summed E-state index contributed by atoms with van der Waals surface area (Å²) in [6.45, 7) is 0.552. The zero-order valence-corrected chi connectivity index (χ0v) is 13.1. The average molecular weight is 316 g/mol. The molecule has 0 bridgehead atoms. The standard InChI is InChI=1S/C18H21FN2O2/c1-21(11-12-23-17-10-6-5-9-15(17)19)18(22)16(20)13-14-7-3-2-4-8-14/h2-10,16H,11-13,20H2,1H3. The Labute approximate surface area is 135 Å². The number of carbonyl (C=O) groups is 1. The number of ether oxygens (including phenoxy) is 1. The molecule has 4 nitrogen and oxygen atoms in total. The van der Waals surface area contributed by atoms with Gasteiger partial charge in [-0.1, -0.05) is 42.5 Å². The van der Waals surface area contributed by atoms with Crippen molar-refractivity contribution in [2.45, 2.75) is 12.5 Å². The number of likely N-dealkylation sites (N-methyl/N-ethyl adjacent to an activating group) is 1. The maximum atomic E-state index is 13.4. The van der Waals surface area contributed by atoms with E-state index < -0.39 is 11.9 Å². The van der Waals surface area contributed by atoms with E-state index >= 15 is 0 Å². The second kappa shape index (κ2) is 8.29. The molecule has 0 aliphatic rings. The van der Waals surface area contributed by atoms with E-state index in [1.807, 2.05) is 30.3 Å². The smallest absolute Gasteiger partial charge is 0.239 e. The average Bonchev–Trinajstić information content (AvgIpc) is 2.56. The van der Waals surface area contributed by atoms with Gasteiger partial charge in [0.1, 0.15) is 6.61 Å². The first-order valence-corrected chi connectivity index (χ1v) is 7.49. The van der Waals surface area contributed by atoms with Gasteiger partial charge in [-0.25, -0.2) is 4.39 Å². The van der Waals surface area contributed by atoms with E-state index in [1.54, 1.807) is 25.2 Å². The van der Waals surface area contributed by atoms with E-state index in [-0.39, 0.29) is 18.3 Å². The molecule has 0 spiro atoms. The first-order chi connectivity index (χ1) is 11.1. The van der Waals surface area contributed by atoms with Gasteiger partial charge in [0.25, 0.3) is 0 Å². The van der Waals surface area contributed by atoms with Crippen molar-refractivity contribution in [3.63, 3.8) is 0 Å². The fraction of sp³-hybridized carbons (Fsp3) is 0.278. The zero-order chi connectivity index (χ0) is 16.7. The maximum Gasteiger partial charge on any atom is 0.239 e. The largest absolute Gasteiger partial charge is 0.489 e. The molecule has 2 N–H and O–H groups in total. The third kappa shape index (κ3) is 5.07. The summed E-state index contributed by atoms with van der Waals surface area (Å²) < 4.78 is 18.8. The molecule has 122 valence electrons. The van der Waals surface area contributed by atoms with Gasteiger partial charge in [-0.3, -0.25) is 4.79 Å². The summed E-state index contributed by atoms with van der Waals surface area (Å²) in [4.78, 5) is 13.7. The SMILES string of the molecule is CN(CCOc1ccccc1F)C(=O)C(N)Cc1ccccc1. The van der Waals surface area contributed by atoms with Crippen LogP contribution >= 0.6 is 0 Å². The summed E-state index contributed by atoms with van der Waals surface area (Å²) in [6.07, 6.45) is 0.484. The lowest BCUT2D eigenvalue weighted by Crippen LogP contribution is -2.44. The van der Waals surface area contributed by atoms with Crippen LogP contribution in [0.5, 0.6) is 5.75 Å². The quantitative estimate of drug-likeness (QED) is 0.852. The maximum absolute atomic E-state index is 13.4. The first-order valence-electron chi connectivity index (χ1n) is 7.49. The number of hydrogen-bond donors (Lipinski definition) is 1. The number of benzene rings is 2. The monoisotopic (exact) mass is 316 g/mol. The Morgan fingerprint density at radius 3 is 2.52 bits per heavy atom. The molecule has 0 aliphatic heterocycles. The van der Waals surface area contributed by atoms with Crippen molar-refractivity contribution in [2.24, 2.45) is 5.73 Å². The molecule has 0 heterocycles. The lowest BCUT2D eigenvalue weighted by Gasteiger charge is -2.21. The molecule has 0 radical (unpaired) electrons. The fourth-order valence-corrected chi connectivity index (χ4v) is 2.20. The van der Waals surface area contributed by atoms with Gasteiger partial charge in [0.2, 0.25) is 5.91 Å². The van der Waals surface area contributed by atoms with Crippen LogP contribution in [0.15, 0.2) is 54.6 Å². The Hall–Kier alpha value is -2.40. The van der Waals surface area contributed by atoms with Crippen LogP contribution in [0.25, 0.3) is 0 Å². The van der Waals surface area contributed by atoms with Gasteiger partial charge in [0, 0.05) is 7.05 Å². The van der Waals surface area contributed by atoms with Gasteiger partial charge in [0.15, 0.2) is 11.6 Å². The summed E-state index contributed by atoms with van der Waals surface area (Å²) in [7, 11) is 1.66. The van der Waals surface area contributed by atoms with Crippen molar-refractivity contribution in [1.82, 2.24) is 4.90 Å². The highest BCUT2D eigenvalue weighted by molar-refractivity contribution is 5.81. The third-order valence-corrected chi connectivity index (χ3v) is 3.51. The summed E-state index contributed by atoms with van der Waals surface area (Å²) >= 11 is 0. The normalized spacial score (nSPS) is 11.8. The van der Waals surface area contributed by atoms with Crippen molar-refractivity contribution in [2.75, 3.05) is 20.2 Å². The second-order valence-electron chi connectivity index (χ2n) is 5.33. The molecule has 1 unspecified atom stereocenters. The first kappa shape index (κ1) is 17.0. The van der Waals surface area contributed by atoms with E-state index in [1.165, 1.54) is 11.0 Å². The molecule has 2 aromatic rings. The number of rotatable bonds is 7. The minimum atomic E-state index is -0.601. The predicted molar refractivity (Wildman–Crippen MR) is 87.7 cm³/mol. The molecule has 2 rings (SSSR count). The van der Waals surface area contributed by atoms with Crippen molar-refractivity contribution < 1.29 is 13.9 Å². The summed E-state index contributed by atoms with van der Waals surface area (Å²) in [5, 5.41) is 0. The minimum absolute atomic E-state index is 0.161. The van der Waals surface area contributed by atoms with Crippen LogP contribution in [-0.4, -0.2) is 37.0 Å². The Balaban J connectivity index is 1.79. The number of halogens is 1. The van der Waals surface area contributed by atoms with Crippen molar-refractivity contribution in [1.29, 1.82) is 0 Å². The highest BCUT2D eigenvalue weighted by atomic mass is 19.1. The molecule has 0 saturated carbocycles. The van der Waals surface area contributed by atoms with Crippen molar-refractivity contribution in [3.8, 4) is 5.75 Å². The molecule has 2 aromatic carbocycles. The number of hydrogen-bond acceptors (Lipinski definition) is 3. The van der Waals surface area contributed by atoms with Crippen LogP contribution in [0.2, 0.25) is 0 Å². The Kier molecular flexibility index (Phi) is 6.11. The lowest BCUT2D eigenvalue weighted by atomic mass is 10.1. The highest BCUT2D eigenvalue weighted by Crippen LogP contribution is 2.15. The summed E-state index contributed by atoms with van der Waals surface area (Å²) in [6, 6.07) is 15.2. The van der Waals surface area contributed by atoms with E-state index in [0.717, 1.165) is 5.56 Å². The number of amides is 1. The number of para-hydroxylation sites is 1. The van der Waals surface area contributed by atoms with Crippen molar-refractivity contribution in [3.05, 3.63) is 66.0 Å². The van der Waals surface area contributed by atoms with Gasteiger partial charge in [-0.15, -0.1) is 0 Å². The van der Waals surface area contributed by atoms with Crippen LogP contribution in [0.3, 0.4) is 0 Å². The summed E-state index contributed by atoms with van der Waals surface area (Å²) in [5.74, 6) is -0.393. The summed E-state index contributed by atoms with van der Waals surface area (Å²) in [5.41, 5.74) is 6.98. The molecule has 23 heavy (non-hydrogen) atoms. The second-order valence-corrected chi connectivity index (χ2v) is 5.33. The third-order valence-electron chi connectivity index (χ3n) is 3.51. The molecule has 0 fully saturated rings. The molecule has 5 heteroatoms. The zero-order valence-electron chi connectivity index (χ0n) is 13.1. The fourth-order valence-electron chi connectivity index (χ4n) is 2.20. The predicted octanol–water partition coefficient (Wildman–Crippen LogP) is 2.23. The van der Waals surface area contributed by atoms with E-state index in [9.17, 15) is 9.18 Å². The number of nitrogens with two attached hydrogens (primary N) is 1. The molecule has 1 amide bonds. The number of nitrogens with zero attached hydrogens (tertiary/aromatic N) is 1.